The number of amides is 1. The fourth-order valence-corrected chi connectivity index (χ4v) is 4.60. The van der Waals surface area contributed by atoms with Crippen LogP contribution in [0.1, 0.15) is 118 Å². The molecule has 0 aliphatic rings. The van der Waals surface area contributed by atoms with E-state index in [2.05, 4.69) is 24.1 Å². The molecule has 0 saturated heterocycles. The van der Waals surface area contributed by atoms with Crippen molar-refractivity contribution in [1.82, 2.24) is 10.2 Å². The molecule has 0 aliphatic carbocycles. The minimum absolute atomic E-state index is 0.0489. The number of carbonyl (C=O) groups is 1. The lowest BCUT2D eigenvalue weighted by molar-refractivity contribution is -0.137. The number of rotatable bonds is 17. The number of hydrogen-bond donors (Lipinski definition) is 1. The van der Waals surface area contributed by atoms with Gasteiger partial charge in [-0.05, 0) is 55.3 Å². The zero-order chi connectivity index (χ0) is 27.1. The fourth-order valence-electron chi connectivity index (χ4n) is 4.60. The second-order valence-corrected chi connectivity index (χ2v) is 9.99. The average Bonchev–Trinajstić information content (AvgIpc) is 2.89. The molecular weight excluding hydrogens is 473 g/mol. The number of halogens is 3. The molecule has 206 valence electrons. The Kier molecular flexibility index (Phi) is 13.8. The fraction of sp³-hybridized carbons (Fsp3) is 0.581. The first kappa shape index (κ1) is 30.9. The molecule has 1 atom stereocenters. The van der Waals surface area contributed by atoms with Crippen molar-refractivity contribution in [3.8, 4) is 0 Å². The summed E-state index contributed by atoms with van der Waals surface area (Å²) in [5, 5.41) is 3.03. The van der Waals surface area contributed by atoms with Crippen molar-refractivity contribution in [2.75, 3.05) is 13.1 Å². The van der Waals surface area contributed by atoms with Gasteiger partial charge >= 0.3 is 6.18 Å². The summed E-state index contributed by atoms with van der Waals surface area (Å²) in [6.07, 6.45) is 8.38. The number of nitrogens with one attached hydrogen (secondary N) is 1. The van der Waals surface area contributed by atoms with Crippen molar-refractivity contribution in [1.29, 1.82) is 0 Å². The van der Waals surface area contributed by atoms with Crippen LogP contribution >= 0.6 is 0 Å². The van der Waals surface area contributed by atoms with Crippen LogP contribution in [0, 0.1) is 0 Å². The van der Waals surface area contributed by atoms with Gasteiger partial charge in [-0.2, -0.15) is 13.2 Å². The monoisotopic (exact) mass is 518 g/mol. The normalized spacial score (nSPS) is 12.6. The maximum Gasteiger partial charge on any atom is 0.416 e. The van der Waals surface area contributed by atoms with Crippen molar-refractivity contribution < 1.29 is 18.0 Å². The van der Waals surface area contributed by atoms with E-state index in [9.17, 15) is 18.0 Å². The molecule has 0 fully saturated rings. The van der Waals surface area contributed by atoms with Gasteiger partial charge < -0.3 is 5.32 Å². The zero-order valence-electron chi connectivity index (χ0n) is 22.9. The summed E-state index contributed by atoms with van der Waals surface area (Å²) in [4.78, 5) is 14.7. The zero-order valence-corrected chi connectivity index (χ0v) is 22.9. The Labute approximate surface area is 221 Å². The highest BCUT2D eigenvalue weighted by atomic mass is 19.4. The largest absolute Gasteiger partial charge is 0.416 e. The molecule has 0 radical (unpaired) electrons. The van der Waals surface area contributed by atoms with Gasteiger partial charge in [-0.1, -0.05) is 95.9 Å². The standard InChI is InChI=1S/C31H45F3N2O/c1-4-6-7-8-9-10-11-12-13-14-23-35-30(37)28-19-17-27(18-20-28)25(3)36(5-2)24-26-15-21-29(22-16-26)31(32,33)34/h15-22,25H,4-14,23-24H2,1-3H3,(H,35,37). The number of unbranched alkanes of at least 4 members (excludes halogenated alkanes) is 9. The van der Waals surface area contributed by atoms with E-state index in [1.807, 2.05) is 31.2 Å². The molecular formula is C31H45F3N2O. The molecule has 1 unspecified atom stereocenters. The van der Waals surface area contributed by atoms with Crippen molar-refractivity contribution in [3.63, 3.8) is 0 Å². The Balaban J connectivity index is 1.73. The van der Waals surface area contributed by atoms with Gasteiger partial charge in [0.2, 0.25) is 0 Å². The SMILES string of the molecule is CCCCCCCCCCCCNC(=O)c1ccc(C(C)N(CC)Cc2ccc(C(F)(F)F)cc2)cc1. The van der Waals surface area contributed by atoms with Crippen molar-refractivity contribution in [3.05, 3.63) is 70.8 Å². The first-order valence-electron chi connectivity index (χ1n) is 14.0. The van der Waals surface area contributed by atoms with Crippen LogP contribution in [0.4, 0.5) is 13.2 Å². The minimum Gasteiger partial charge on any atom is -0.352 e. The van der Waals surface area contributed by atoms with Crippen LogP contribution in [0.2, 0.25) is 0 Å². The van der Waals surface area contributed by atoms with Gasteiger partial charge in [-0.3, -0.25) is 9.69 Å². The van der Waals surface area contributed by atoms with Gasteiger partial charge in [-0.25, -0.2) is 0 Å². The maximum absolute atomic E-state index is 12.8. The number of benzene rings is 2. The van der Waals surface area contributed by atoms with Gasteiger partial charge in [0, 0.05) is 24.7 Å². The highest BCUT2D eigenvalue weighted by Crippen LogP contribution is 2.30. The highest BCUT2D eigenvalue weighted by Gasteiger charge is 2.30. The lowest BCUT2D eigenvalue weighted by Crippen LogP contribution is -2.27. The second-order valence-electron chi connectivity index (χ2n) is 9.99. The first-order chi connectivity index (χ1) is 17.8. The van der Waals surface area contributed by atoms with E-state index in [1.54, 1.807) is 12.1 Å². The van der Waals surface area contributed by atoms with Crippen LogP contribution < -0.4 is 5.32 Å². The van der Waals surface area contributed by atoms with Crippen LogP contribution in [0.25, 0.3) is 0 Å². The number of alkyl halides is 3. The molecule has 2 aromatic carbocycles. The van der Waals surface area contributed by atoms with Gasteiger partial charge in [-0.15, -0.1) is 0 Å². The molecule has 1 N–H and O–H groups in total. The van der Waals surface area contributed by atoms with Gasteiger partial charge in [0.05, 0.1) is 5.56 Å². The van der Waals surface area contributed by atoms with E-state index in [1.165, 1.54) is 51.4 Å². The lowest BCUT2D eigenvalue weighted by Gasteiger charge is -2.28. The molecule has 0 bridgehead atoms. The summed E-state index contributed by atoms with van der Waals surface area (Å²) in [6, 6.07) is 13.1. The van der Waals surface area contributed by atoms with E-state index in [0.29, 0.717) is 18.7 Å². The topological polar surface area (TPSA) is 32.3 Å². The predicted octanol–water partition coefficient (Wildman–Crippen LogP) is 8.94. The molecule has 6 heteroatoms. The molecule has 37 heavy (non-hydrogen) atoms. The third kappa shape index (κ3) is 11.3. The van der Waals surface area contributed by atoms with Crippen LogP contribution in [0.5, 0.6) is 0 Å². The maximum atomic E-state index is 12.8. The van der Waals surface area contributed by atoms with Crippen LogP contribution in [0.3, 0.4) is 0 Å². The molecule has 2 rings (SSSR count). The van der Waals surface area contributed by atoms with Crippen molar-refractivity contribution in [2.24, 2.45) is 0 Å². The molecule has 1 amide bonds. The van der Waals surface area contributed by atoms with Crippen LogP contribution in [0.15, 0.2) is 48.5 Å². The van der Waals surface area contributed by atoms with Crippen molar-refractivity contribution >= 4 is 5.91 Å². The summed E-state index contributed by atoms with van der Waals surface area (Å²) in [5.41, 5.74) is 1.92. The van der Waals surface area contributed by atoms with Crippen molar-refractivity contribution in [2.45, 2.75) is 104 Å². The number of nitrogens with zero attached hydrogens (tertiary/aromatic N) is 1. The van der Waals surface area contributed by atoms with E-state index < -0.39 is 11.7 Å². The Morgan fingerprint density at radius 3 is 1.86 bits per heavy atom. The summed E-state index contributed by atoms with van der Waals surface area (Å²) < 4.78 is 38.5. The van der Waals surface area contributed by atoms with E-state index in [0.717, 1.165) is 42.6 Å². The Bertz CT molecular complexity index is 894. The second kappa shape index (κ2) is 16.5. The number of carbonyl (C=O) groups excluding carboxylic acids is 1. The Morgan fingerprint density at radius 1 is 0.811 bits per heavy atom. The molecule has 3 nitrogen and oxygen atoms in total. The van der Waals surface area contributed by atoms with E-state index in [4.69, 9.17) is 0 Å². The van der Waals surface area contributed by atoms with Gasteiger partial charge in [0.25, 0.3) is 5.91 Å². The predicted molar refractivity (Wildman–Crippen MR) is 147 cm³/mol. The summed E-state index contributed by atoms with van der Waals surface area (Å²) in [5.74, 6) is -0.0489. The van der Waals surface area contributed by atoms with Crippen LogP contribution in [-0.4, -0.2) is 23.9 Å². The molecule has 0 spiro atoms. The smallest absolute Gasteiger partial charge is 0.352 e. The Hall–Kier alpha value is -2.34. The van der Waals surface area contributed by atoms with Crippen LogP contribution in [-0.2, 0) is 12.7 Å². The summed E-state index contributed by atoms with van der Waals surface area (Å²) >= 11 is 0. The number of hydrogen-bond acceptors (Lipinski definition) is 2. The minimum atomic E-state index is -4.32. The van der Waals surface area contributed by atoms with E-state index in [-0.39, 0.29) is 11.9 Å². The first-order valence-corrected chi connectivity index (χ1v) is 14.0. The average molecular weight is 519 g/mol. The summed E-state index contributed by atoms with van der Waals surface area (Å²) in [6.45, 7) is 8.36. The molecule has 0 aromatic heterocycles. The third-order valence-electron chi connectivity index (χ3n) is 7.09. The quantitative estimate of drug-likeness (QED) is 0.212. The highest BCUT2D eigenvalue weighted by molar-refractivity contribution is 5.94. The van der Waals surface area contributed by atoms with Gasteiger partial charge in [0.15, 0.2) is 0 Å². The molecule has 0 heterocycles. The third-order valence-corrected chi connectivity index (χ3v) is 7.09. The van der Waals surface area contributed by atoms with E-state index >= 15 is 0 Å². The van der Waals surface area contributed by atoms with Gasteiger partial charge in [0.1, 0.15) is 0 Å². The lowest BCUT2D eigenvalue weighted by atomic mass is 10.0. The summed E-state index contributed by atoms with van der Waals surface area (Å²) in [7, 11) is 0. The Morgan fingerprint density at radius 2 is 1.35 bits per heavy atom. The molecule has 0 aliphatic heterocycles. The molecule has 2 aromatic rings. The molecule has 0 saturated carbocycles.